The topological polar surface area (TPSA) is 26.0 Å². The quantitative estimate of drug-likeness (QED) is 0.520. The number of hydrogen-bond donors (Lipinski definition) is 1. The summed E-state index contributed by atoms with van der Waals surface area (Å²) in [5, 5.41) is 0. The molecule has 0 atom stereocenters. The average Bonchev–Trinajstić information content (AvgIpc) is 1.77. The first-order valence-electron chi connectivity index (χ1n) is 2.61. The van der Waals surface area contributed by atoms with Crippen LogP contribution in [-0.2, 0) is 27.3 Å². The standard InChI is InChI=1S/C7H9N.Cd/c1-6-2-4-7(8)5-3-6;/h2-5H,8H2,1H3;. The van der Waals surface area contributed by atoms with E-state index < -0.39 is 0 Å². The fourth-order valence-electron chi connectivity index (χ4n) is 0.566. The van der Waals surface area contributed by atoms with E-state index in [9.17, 15) is 0 Å². The van der Waals surface area contributed by atoms with Crippen molar-refractivity contribution in [1.82, 2.24) is 0 Å². The van der Waals surface area contributed by atoms with E-state index in [1.807, 2.05) is 31.2 Å². The van der Waals surface area contributed by atoms with Gasteiger partial charge in [0.2, 0.25) is 0 Å². The molecule has 1 aromatic rings. The molecule has 2 heteroatoms. The van der Waals surface area contributed by atoms with Gasteiger partial charge in [0.1, 0.15) is 0 Å². The molecule has 0 aliphatic carbocycles. The predicted octanol–water partition coefficient (Wildman–Crippen LogP) is 1.57. The number of nitrogens with two attached hydrogens (primary N) is 1. The Morgan fingerprint density at radius 2 is 1.56 bits per heavy atom. The molecule has 1 nitrogen and oxygen atoms in total. The maximum Gasteiger partial charge on any atom is 0.0314 e. The van der Waals surface area contributed by atoms with Gasteiger partial charge in [0.15, 0.2) is 0 Å². The summed E-state index contributed by atoms with van der Waals surface area (Å²) in [4.78, 5) is 0. The third kappa shape index (κ3) is 2.84. The third-order valence-corrected chi connectivity index (χ3v) is 1.08. The maximum absolute atomic E-state index is 5.43. The van der Waals surface area contributed by atoms with Crippen LogP contribution in [0.4, 0.5) is 5.69 Å². The van der Waals surface area contributed by atoms with Gasteiger partial charge in [-0.05, 0) is 19.1 Å². The Labute approximate surface area is 75.4 Å². The summed E-state index contributed by atoms with van der Waals surface area (Å²) in [5.41, 5.74) is 7.51. The van der Waals surface area contributed by atoms with E-state index in [1.54, 1.807) is 0 Å². The number of rotatable bonds is 0. The second-order valence-electron chi connectivity index (χ2n) is 1.91. The van der Waals surface area contributed by atoms with Crippen molar-refractivity contribution < 1.29 is 27.3 Å². The van der Waals surface area contributed by atoms with Crippen molar-refractivity contribution in [1.29, 1.82) is 0 Å². The van der Waals surface area contributed by atoms with Crippen molar-refractivity contribution in [2.45, 2.75) is 6.92 Å². The third-order valence-electron chi connectivity index (χ3n) is 1.08. The molecule has 0 amide bonds. The summed E-state index contributed by atoms with van der Waals surface area (Å²) in [7, 11) is 0. The zero-order chi connectivity index (χ0) is 5.98. The Kier molecular flexibility index (Phi) is 3.85. The van der Waals surface area contributed by atoms with Crippen LogP contribution in [0.1, 0.15) is 5.56 Å². The fraction of sp³-hybridized carbons (Fsp3) is 0.143. The SMILES string of the molecule is Cc1ccc(N)cc1.[Cd]. The van der Waals surface area contributed by atoms with Gasteiger partial charge >= 0.3 is 0 Å². The van der Waals surface area contributed by atoms with Crippen molar-refractivity contribution in [2.75, 3.05) is 5.73 Å². The summed E-state index contributed by atoms with van der Waals surface area (Å²) in [6.45, 7) is 2.04. The van der Waals surface area contributed by atoms with E-state index in [2.05, 4.69) is 0 Å². The zero-order valence-corrected chi connectivity index (χ0v) is 9.63. The summed E-state index contributed by atoms with van der Waals surface area (Å²) in [5.74, 6) is 0. The molecule has 9 heavy (non-hydrogen) atoms. The van der Waals surface area contributed by atoms with Gasteiger partial charge in [-0.15, -0.1) is 0 Å². The van der Waals surface area contributed by atoms with Gasteiger partial charge in [0, 0.05) is 33.0 Å². The smallest absolute Gasteiger partial charge is 0.0314 e. The minimum absolute atomic E-state index is 0. The van der Waals surface area contributed by atoms with E-state index in [0.717, 1.165) is 5.69 Å². The van der Waals surface area contributed by atoms with Gasteiger partial charge in [-0.3, -0.25) is 0 Å². The summed E-state index contributed by atoms with van der Waals surface area (Å²) in [6.07, 6.45) is 0. The Morgan fingerprint density at radius 3 is 1.89 bits per heavy atom. The van der Waals surface area contributed by atoms with Gasteiger partial charge in [-0.1, -0.05) is 17.7 Å². The molecule has 0 radical (unpaired) electrons. The van der Waals surface area contributed by atoms with E-state index in [-0.39, 0.29) is 27.3 Å². The van der Waals surface area contributed by atoms with Crippen molar-refractivity contribution in [3.8, 4) is 0 Å². The van der Waals surface area contributed by atoms with Crippen LogP contribution in [0.25, 0.3) is 0 Å². The minimum Gasteiger partial charge on any atom is -0.399 e. The van der Waals surface area contributed by atoms with Crippen LogP contribution in [0.5, 0.6) is 0 Å². The number of anilines is 1. The number of aryl methyl sites for hydroxylation is 1. The number of nitrogen functional groups attached to an aromatic ring is 1. The van der Waals surface area contributed by atoms with Crippen molar-refractivity contribution >= 4 is 5.69 Å². The first-order valence-corrected chi connectivity index (χ1v) is 2.61. The molecular weight excluding hydrogens is 210 g/mol. The molecule has 0 fully saturated rings. The van der Waals surface area contributed by atoms with Crippen LogP contribution in [0.15, 0.2) is 24.3 Å². The van der Waals surface area contributed by atoms with E-state index in [0.29, 0.717) is 0 Å². The van der Waals surface area contributed by atoms with Crippen LogP contribution in [0.2, 0.25) is 0 Å². The first-order chi connectivity index (χ1) is 3.79. The van der Waals surface area contributed by atoms with Crippen LogP contribution >= 0.6 is 0 Å². The molecule has 44 valence electrons. The Balaban J connectivity index is 0.000000640. The molecule has 0 saturated heterocycles. The fourth-order valence-corrected chi connectivity index (χ4v) is 0.566. The molecule has 0 bridgehead atoms. The Morgan fingerprint density at radius 1 is 1.11 bits per heavy atom. The first kappa shape index (κ1) is 8.94. The number of hydrogen-bond acceptors (Lipinski definition) is 1. The van der Waals surface area contributed by atoms with Gasteiger partial charge < -0.3 is 5.73 Å². The molecule has 0 heterocycles. The molecule has 2 N–H and O–H groups in total. The van der Waals surface area contributed by atoms with Crippen molar-refractivity contribution in [3.05, 3.63) is 29.8 Å². The second kappa shape index (κ2) is 3.87. The van der Waals surface area contributed by atoms with E-state index >= 15 is 0 Å². The average molecular weight is 220 g/mol. The molecule has 0 aliphatic heterocycles. The second-order valence-corrected chi connectivity index (χ2v) is 1.91. The minimum atomic E-state index is 0. The predicted molar refractivity (Wildman–Crippen MR) is 35.6 cm³/mol. The van der Waals surface area contributed by atoms with Crippen LogP contribution in [0.3, 0.4) is 0 Å². The molecule has 1 aromatic carbocycles. The van der Waals surface area contributed by atoms with Gasteiger partial charge in [0.25, 0.3) is 0 Å². The van der Waals surface area contributed by atoms with Crippen LogP contribution in [0, 0.1) is 6.92 Å². The monoisotopic (exact) mass is 221 g/mol. The molecule has 0 unspecified atom stereocenters. The Hall–Kier alpha value is -0.0579. The Bertz CT molecular complexity index is 148. The molecular formula is C7H9CdN. The maximum atomic E-state index is 5.43. The van der Waals surface area contributed by atoms with Crippen molar-refractivity contribution in [2.24, 2.45) is 0 Å². The van der Waals surface area contributed by atoms with Gasteiger partial charge in [-0.25, -0.2) is 0 Å². The molecule has 0 spiro atoms. The number of benzene rings is 1. The molecule has 1 rings (SSSR count). The summed E-state index contributed by atoms with van der Waals surface area (Å²) in [6, 6.07) is 7.79. The normalized spacial score (nSPS) is 8.11. The molecule has 0 aromatic heterocycles. The summed E-state index contributed by atoms with van der Waals surface area (Å²) >= 11 is 0. The van der Waals surface area contributed by atoms with E-state index in [4.69, 9.17) is 5.73 Å². The van der Waals surface area contributed by atoms with Crippen LogP contribution in [-0.4, -0.2) is 0 Å². The largest absolute Gasteiger partial charge is 0.399 e. The van der Waals surface area contributed by atoms with Crippen molar-refractivity contribution in [3.63, 3.8) is 0 Å². The van der Waals surface area contributed by atoms with Crippen LogP contribution < -0.4 is 5.73 Å². The summed E-state index contributed by atoms with van der Waals surface area (Å²) < 4.78 is 0. The molecule has 0 saturated carbocycles. The molecule has 0 aliphatic rings. The zero-order valence-electron chi connectivity index (χ0n) is 5.59. The van der Waals surface area contributed by atoms with Gasteiger partial charge in [0.05, 0.1) is 0 Å². The van der Waals surface area contributed by atoms with E-state index in [1.165, 1.54) is 5.56 Å². The van der Waals surface area contributed by atoms with Gasteiger partial charge in [-0.2, -0.15) is 0 Å².